The smallest absolute Gasteiger partial charge is 0.270 e. The van der Waals surface area contributed by atoms with Gasteiger partial charge < -0.3 is 4.90 Å². The van der Waals surface area contributed by atoms with Crippen molar-refractivity contribution in [1.29, 1.82) is 0 Å². The summed E-state index contributed by atoms with van der Waals surface area (Å²) in [6.07, 6.45) is 0. The fourth-order valence-corrected chi connectivity index (χ4v) is 5.41. The summed E-state index contributed by atoms with van der Waals surface area (Å²) in [4.78, 5) is 33.5. The summed E-state index contributed by atoms with van der Waals surface area (Å²) >= 11 is 2.85. The number of carbonyl (C=O) groups excluding carboxylic acids is 1. The van der Waals surface area contributed by atoms with E-state index in [1.165, 1.54) is 34.8 Å². The molecule has 168 valence electrons. The van der Waals surface area contributed by atoms with Crippen LogP contribution in [0, 0.1) is 10.1 Å². The minimum Gasteiger partial charge on any atom is -0.302 e. The highest BCUT2D eigenvalue weighted by molar-refractivity contribution is 7.23. The number of carbonyl (C=O) groups is 1. The number of nitro groups is 1. The molecule has 0 saturated carbocycles. The second kappa shape index (κ2) is 10.4. The number of benzene rings is 2. The molecule has 0 aliphatic rings. The second-order valence-electron chi connectivity index (χ2n) is 7.04. The number of hydrogen-bond acceptors (Lipinski definition) is 7. The van der Waals surface area contributed by atoms with Gasteiger partial charge in [-0.05, 0) is 37.4 Å². The van der Waals surface area contributed by atoms with Gasteiger partial charge in [0.05, 0.1) is 20.0 Å². The largest absolute Gasteiger partial charge is 0.302 e. The third-order valence-electron chi connectivity index (χ3n) is 5.21. The zero-order chi connectivity index (χ0) is 22.0. The number of anilines is 1. The van der Waals surface area contributed by atoms with Gasteiger partial charge in [0.1, 0.15) is 0 Å². The summed E-state index contributed by atoms with van der Waals surface area (Å²) in [5, 5.41) is 12.5. The van der Waals surface area contributed by atoms with Crippen LogP contribution in [-0.4, -0.2) is 46.9 Å². The highest BCUT2D eigenvalue weighted by atomic mass is 35.5. The average molecular weight is 491 g/mol. The standard InChI is InChI=1S/C22H22N4O3S2.ClH/c1-3-24(4-2)11-12-25(22-23-17-7-5-6-8-19(17)31-22)21(27)20-14-15-13-16(26(28)29)9-10-18(15)30-20;/h5-10,13-14H,3-4,11-12H2,1-2H3;1H. The van der Waals surface area contributed by atoms with E-state index in [1.54, 1.807) is 17.0 Å². The summed E-state index contributed by atoms with van der Waals surface area (Å²) in [6, 6.07) is 14.3. The number of thiophene rings is 1. The van der Waals surface area contributed by atoms with Crippen LogP contribution in [0.5, 0.6) is 0 Å². The Morgan fingerprint density at radius 3 is 2.47 bits per heavy atom. The van der Waals surface area contributed by atoms with Gasteiger partial charge in [0.15, 0.2) is 5.13 Å². The number of para-hydroxylation sites is 1. The molecule has 2 aromatic heterocycles. The predicted molar refractivity (Wildman–Crippen MR) is 135 cm³/mol. The monoisotopic (exact) mass is 490 g/mol. The van der Waals surface area contributed by atoms with Gasteiger partial charge in [0.2, 0.25) is 0 Å². The van der Waals surface area contributed by atoms with Crippen molar-refractivity contribution >= 4 is 72.1 Å². The molecule has 7 nitrogen and oxygen atoms in total. The molecule has 0 N–H and O–H groups in total. The molecule has 0 bridgehead atoms. The highest BCUT2D eigenvalue weighted by Crippen LogP contribution is 2.33. The Balaban J connectivity index is 0.00000289. The molecule has 2 aromatic carbocycles. The highest BCUT2D eigenvalue weighted by Gasteiger charge is 2.24. The van der Waals surface area contributed by atoms with Gasteiger partial charge >= 0.3 is 0 Å². The Morgan fingerprint density at radius 2 is 1.78 bits per heavy atom. The molecule has 4 aromatic rings. The SMILES string of the molecule is CCN(CC)CCN(C(=O)c1cc2cc([N+](=O)[O-])ccc2s1)c1nc2ccccc2s1.Cl. The van der Waals surface area contributed by atoms with E-state index in [0.717, 1.165) is 34.6 Å². The maximum absolute atomic E-state index is 13.6. The fourth-order valence-electron chi connectivity index (χ4n) is 3.42. The number of amides is 1. The van der Waals surface area contributed by atoms with E-state index in [0.29, 0.717) is 21.9 Å². The topological polar surface area (TPSA) is 79.6 Å². The van der Waals surface area contributed by atoms with Crippen LogP contribution in [0.4, 0.5) is 10.8 Å². The summed E-state index contributed by atoms with van der Waals surface area (Å²) in [6.45, 7) is 7.29. The van der Waals surface area contributed by atoms with Gasteiger partial charge in [-0.1, -0.05) is 37.3 Å². The molecule has 32 heavy (non-hydrogen) atoms. The summed E-state index contributed by atoms with van der Waals surface area (Å²) in [5.41, 5.74) is 0.893. The van der Waals surface area contributed by atoms with E-state index in [4.69, 9.17) is 4.98 Å². The van der Waals surface area contributed by atoms with Crippen molar-refractivity contribution in [3.63, 3.8) is 0 Å². The van der Waals surface area contributed by atoms with Crippen LogP contribution in [0.2, 0.25) is 0 Å². The van der Waals surface area contributed by atoms with Gasteiger partial charge in [0.25, 0.3) is 11.6 Å². The first-order valence-corrected chi connectivity index (χ1v) is 11.7. The maximum atomic E-state index is 13.6. The third kappa shape index (κ3) is 4.91. The molecule has 0 fully saturated rings. The molecule has 0 radical (unpaired) electrons. The Hall–Kier alpha value is -2.59. The first-order valence-electron chi connectivity index (χ1n) is 10.1. The average Bonchev–Trinajstić information content (AvgIpc) is 3.39. The number of rotatable bonds is 8. The molecule has 0 unspecified atom stereocenters. The Kier molecular flexibility index (Phi) is 7.78. The number of non-ortho nitro benzene ring substituents is 1. The normalized spacial score (nSPS) is 11.1. The van der Waals surface area contributed by atoms with Crippen LogP contribution in [0.1, 0.15) is 23.5 Å². The molecular formula is C22H23ClN4O3S2. The van der Waals surface area contributed by atoms with Crippen LogP contribution in [0.3, 0.4) is 0 Å². The molecule has 2 heterocycles. The van der Waals surface area contributed by atoms with Crippen molar-refractivity contribution in [3.8, 4) is 0 Å². The third-order valence-corrected chi connectivity index (χ3v) is 7.38. The maximum Gasteiger partial charge on any atom is 0.270 e. The van der Waals surface area contributed by atoms with E-state index in [-0.39, 0.29) is 24.0 Å². The first-order chi connectivity index (χ1) is 15.0. The molecule has 0 atom stereocenters. The summed E-state index contributed by atoms with van der Waals surface area (Å²) in [5.74, 6) is -0.130. The summed E-state index contributed by atoms with van der Waals surface area (Å²) in [7, 11) is 0. The minimum absolute atomic E-state index is 0. The van der Waals surface area contributed by atoms with Gasteiger partial charge in [0, 0.05) is 35.3 Å². The zero-order valence-corrected chi connectivity index (χ0v) is 20.1. The first kappa shape index (κ1) is 24.1. The van der Waals surface area contributed by atoms with Crippen LogP contribution < -0.4 is 4.90 Å². The van der Waals surface area contributed by atoms with Gasteiger partial charge in [-0.2, -0.15) is 0 Å². The molecule has 1 amide bonds. The molecule has 0 spiro atoms. The number of nitro benzene ring substituents is 1. The number of likely N-dealkylation sites (N-methyl/N-ethyl adjacent to an activating group) is 1. The van der Waals surface area contributed by atoms with Gasteiger partial charge in [-0.25, -0.2) is 4.98 Å². The van der Waals surface area contributed by atoms with Crippen molar-refractivity contribution in [3.05, 3.63) is 63.5 Å². The number of fused-ring (bicyclic) bond motifs is 2. The number of aromatic nitrogens is 1. The molecule has 10 heteroatoms. The van der Waals surface area contributed by atoms with Crippen LogP contribution in [-0.2, 0) is 0 Å². The lowest BCUT2D eigenvalue weighted by molar-refractivity contribution is -0.384. The van der Waals surface area contributed by atoms with E-state index >= 15 is 0 Å². The Morgan fingerprint density at radius 1 is 1.03 bits per heavy atom. The van der Waals surface area contributed by atoms with Crippen molar-refractivity contribution < 1.29 is 9.72 Å². The number of nitrogens with zero attached hydrogens (tertiary/aromatic N) is 4. The second-order valence-corrected chi connectivity index (χ2v) is 9.13. The van der Waals surface area contributed by atoms with Gasteiger partial charge in [-0.3, -0.25) is 19.8 Å². The minimum atomic E-state index is -0.421. The Bertz CT molecular complexity index is 1220. The van der Waals surface area contributed by atoms with E-state index in [2.05, 4.69) is 18.7 Å². The molecular weight excluding hydrogens is 468 g/mol. The van der Waals surface area contributed by atoms with Gasteiger partial charge in [-0.15, -0.1) is 23.7 Å². The van der Waals surface area contributed by atoms with Crippen molar-refractivity contribution in [2.75, 3.05) is 31.1 Å². The lowest BCUT2D eigenvalue weighted by Gasteiger charge is -2.24. The quantitative estimate of drug-likeness (QED) is 0.229. The summed E-state index contributed by atoms with van der Waals surface area (Å²) < 4.78 is 1.88. The van der Waals surface area contributed by atoms with Crippen LogP contribution in [0.25, 0.3) is 20.3 Å². The molecule has 0 aliphatic heterocycles. The molecule has 0 aliphatic carbocycles. The van der Waals surface area contributed by atoms with E-state index < -0.39 is 4.92 Å². The number of thiazole rings is 1. The predicted octanol–water partition coefficient (Wildman–Crippen LogP) is 5.83. The lowest BCUT2D eigenvalue weighted by atomic mass is 10.2. The van der Waals surface area contributed by atoms with Crippen molar-refractivity contribution in [2.24, 2.45) is 0 Å². The zero-order valence-electron chi connectivity index (χ0n) is 17.7. The number of halogens is 1. The van der Waals surface area contributed by atoms with Crippen LogP contribution in [0.15, 0.2) is 48.5 Å². The van der Waals surface area contributed by atoms with Crippen molar-refractivity contribution in [1.82, 2.24) is 9.88 Å². The Labute approximate surface area is 199 Å². The van der Waals surface area contributed by atoms with E-state index in [1.807, 2.05) is 24.3 Å². The molecule has 0 saturated heterocycles. The van der Waals surface area contributed by atoms with Crippen LogP contribution >= 0.6 is 35.1 Å². The lowest BCUT2D eigenvalue weighted by Crippen LogP contribution is -2.38. The van der Waals surface area contributed by atoms with Crippen molar-refractivity contribution in [2.45, 2.75) is 13.8 Å². The molecule has 4 rings (SSSR count). The van der Waals surface area contributed by atoms with E-state index in [9.17, 15) is 14.9 Å². The fraction of sp³-hybridized carbons (Fsp3) is 0.273. The number of hydrogen-bond donors (Lipinski definition) is 0.